The highest BCUT2D eigenvalue weighted by Gasteiger charge is 2.28. The molecular formula is C35H41BrN9O4P. The molecule has 2 N–H and O–H groups in total. The molecule has 0 saturated carbocycles. The van der Waals surface area contributed by atoms with Crippen molar-refractivity contribution >= 4 is 74.2 Å². The molecule has 0 spiro atoms. The quantitative estimate of drug-likeness (QED) is 0.158. The van der Waals surface area contributed by atoms with Crippen LogP contribution in [0.3, 0.4) is 0 Å². The second kappa shape index (κ2) is 13.9. The third-order valence-corrected chi connectivity index (χ3v) is 10.3. The molecule has 0 unspecified atom stereocenters. The summed E-state index contributed by atoms with van der Waals surface area (Å²) in [5.41, 5.74) is 4.26. The number of amides is 1. The molecule has 13 nitrogen and oxygen atoms in total. The van der Waals surface area contributed by atoms with Crippen molar-refractivity contribution in [3.8, 4) is 16.9 Å². The molecule has 1 aliphatic heterocycles. The van der Waals surface area contributed by atoms with E-state index in [1.165, 1.54) is 0 Å². The van der Waals surface area contributed by atoms with Gasteiger partial charge in [0, 0.05) is 79.2 Å². The van der Waals surface area contributed by atoms with Gasteiger partial charge in [0.25, 0.3) is 0 Å². The highest BCUT2D eigenvalue weighted by molar-refractivity contribution is 9.10. The van der Waals surface area contributed by atoms with Crippen LogP contribution in [0.5, 0.6) is 5.75 Å². The molecule has 1 saturated heterocycles. The number of piperazine rings is 1. The number of carbonyl (C=O) groups excluding carboxylic acids is 1. The number of methoxy groups -OCH3 is 1. The van der Waals surface area contributed by atoms with Crippen LogP contribution in [-0.4, -0.2) is 87.9 Å². The summed E-state index contributed by atoms with van der Waals surface area (Å²) in [6.07, 6.45) is 6.81. The number of pyridine rings is 1. The molecule has 1 amide bonds. The molecule has 262 valence electrons. The summed E-state index contributed by atoms with van der Waals surface area (Å²) in [6.45, 7) is 11.4. The summed E-state index contributed by atoms with van der Waals surface area (Å²) in [5.74, 6) is 1.37. The van der Waals surface area contributed by atoms with Gasteiger partial charge in [-0.1, -0.05) is 18.2 Å². The fourth-order valence-electron chi connectivity index (χ4n) is 5.91. The van der Waals surface area contributed by atoms with Gasteiger partial charge in [0.2, 0.25) is 5.95 Å². The standard InChI is InChI=1S/C35H41BrN9O4P/c1-35(2,3)49-34(46)45-14-12-44(13-15-45)29-17-30(48-5)27(16-24(29)22-18-39-43(4)21-22)41-33-38-19-25(36)32(42-33)40-28-20-37-26-11-9-8-10-23(26)31(28)50(6,7)47/h8-11,16-21H,12-15H2,1-7H3,(H2,38,40,41,42). The number of hydrogen-bond donors (Lipinski definition) is 2. The van der Waals surface area contributed by atoms with E-state index >= 15 is 0 Å². The number of anilines is 5. The number of nitrogens with zero attached hydrogens (tertiary/aromatic N) is 7. The van der Waals surface area contributed by atoms with Crippen molar-refractivity contribution in [2.45, 2.75) is 26.4 Å². The molecule has 5 aromatic rings. The normalized spacial score (nSPS) is 13.8. The van der Waals surface area contributed by atoms with Crippen molar-refractivity contribution in [2.24, 2.45) is 7.05 Å². The molecule has 1 fully saturated rings. The van der Waals surface area contributed by atoms with E-state index in [1.54, 1.807) is 42.4 Å². The number of ether oxygens (including phenoxy) is 2. The van der Waals surface area contributed by atoms with Gasteiger partial charge in [-0.3, -0.25) is 9.67 Å². The molecule has 0 aliphatic carbocycles. The molecule has 1 aliphatic rings. The number of hydrogen-bond acceptors (Lipinski definition) is 11. The number of benzene rings is 2. The Balaban J connectivity index is 1.32. The van der Waals surface area contributed by atoms with Crippen molar-refractivity contribution in [3.63, 3.8) is 0 Å². The first-order valence-corrected chi connectivity index (χ1v) is 19.5. The molecule has 0 bridgehead atoms. The summed E-state index contributed by atoms with van der Waals surface area (Å²) in [5, 5.41) is 12.7. The Kier molecular flexibility index (Phi) is 9.78. The summed E-state index contributed by atoms with van der Waals surface area (Å²) in [6, 6.07) is 11.6. The molecule has 0 atom stereocenters. The zero-order chi connectivity index (χ0) is 35.8. The first kappa shape index (κ1) is 35.2. The van der Waals surface area contributed by atoms with Crippen LogP contribution in [0.4, 0.5) is 33.6 Å². The number of fused-ring (bicyclic) bond motifs is 1. The van der Waals surface area contributed by atoms with Crippen LogP contribution in [0.25, 0.3) is 22.0 Å². The average molecular weight is 763 g/mol. The Hall–Kier alpha value is -4.68. The van der Waals surface area contributed by atoms with Gasteiger partial charge in [-0.2, -0.15) is 10.1 Å². The molecule has 50 heavy (non-hydrogen) atoms. The van der Waals surface area contributed by atoms with Gasteiger partial charge in [-0.25, -0.2) is 9.78 Å². The Morgan fingerprint density at radius 2 is 1.72 bits per heavy atom. The second-order valence-electron chi connectivity index (χ2n) is 13.5. The van der Waals surface area contributed by atoms with Crippen molar-refractivity contribution in [1.82, 2.24) is 29.6 Å². The van der Waals surface area contributed by atoms with Crippen molar-refractivity contribution in [2.75, 3.05) is 62.2 Å². The Labute approximate surface area is 299 Å². The molecular weight excluding hydrogens is 721 g/mol. The maximum Gasteiger partial charge on any atom is 0.410 e. The van der Waals surface area contributed by atoms with Crippen LogP contribution in [0.2, 0.25) is 0 Å². The first-order valence-electron chi connectivity index (χ1n) is 16.1. The van der Waals surface area contributed by atoms with E-state index < -0.39 is 12.7 Å². The minimum Gasteiger partial charge on any atom is -0.494 e. The van der Waals surface area contributed by atoms with Gasteiger partial charge in [-0.05, 0) is 62.2 Å². The van der Waals surface area contributed by atoms with Gasteiger partial charge < -0.3 is 34.5 Å². The lowest BCUT2D eigenvalue weighted by Gasteiger charge is -2.37. The zero-order valence-electron chi connectivity index (χ0n) is 29.2. The maximum atomic E-state index is 13.5. The fraction of sp³-hybridized carbons (Fsp3) is 0.343. The summed E-state index contributed by atoms with van der Waals surface area (Å²) >= 11 is 3.58. The van der Waals surface area contributed by atoms with E-state index in [1.807, 2.05) is 76.6 Å². The first-order chi connectivity index (χ1) is 23.7. The highest BCUT2D eigenvalue weighted by atomic mass is 79.9. The number of aryl methyl sites for hydroxylation is 1. The van der Waals surface area contributed by atoms with Crippen LogP contribution in [0, 0.1) is 0 Å². The summed E-state index contributed by atoms with van der Waals surface area (Å²) < 4.78 is 27.4. The smallest absolute Gasteiger partial charge is 0.410 e. The van der Waals surface area contributed by atoms with Crippen LogP contribution in [-0.2, 0) is 16.3 Å². The van der Waals surface area contributed by atoms with Gasteiger partial charge in [0.05, 0.1) is 40.9 Å². The van der Waals surface area contributed by atoms with Gasteiger partial charge in [0.1, 0.15) is 24.3 Å². The molecule has 6 rings (SSSR count). The van der Waals surface area contributed by atoms with E-state index in [9.17, 15) is 9.36 Å². The average Bonchev–Trinajstić information content (AvgIpc) is 3.50. The van der Waals surface area contributed by atoms with Gasteiger partial charge in [-0.15, -0.1) is 0 Å². The van der Waals surface area contributed by atoms with Crippen LogP contribution in [0.1, 0.15) is 20.8 Å². The van der Waals surface area contributed by atoms with E-state index in [0.717, 1.165) is 27.7 Å². The Bertz CT molecular complexity index is 2100. The van der Waals surface area contributed by atoms with Crippen molar-refractivity contribution in [1.29, 1.82) is 0 Å². The van der Waals surface area contributed by atoms with E-state index in [0.29, 0.717) is 64.8 Å². The summed E-state index contributed by atoms with van der Waals surface area (Å²) in [7, 11) is 0.767. The highest BCUT2D eigenvalue weighted by Crippen LogP contribution is 2.43. The SMILES string of the molecule is COc1cc(N2CCN(C(=O)OC(C)(C)C)CC2)c(-c2cnn(C)c2)cc1Nc1ncc(Br)c(Nc2cnc3ccccc3c2P(C)(C)=O)n1. The Morgan fingerprint density at radius 1 is 0.980 bits per heavy atom. The summed E-state index contributed by atoms with van der Waals surface area (Å²) in [4.78, 5) is 30.6. The van der Waals surface area contributed by atoms with E-state index in [4.69, 9.17) is 14.5 Å². The zero-order valence-corrected chi connectivity index (χ0v) is 31.7. The van der Waals surface area contributed by atoms with Crippen molar-refractivity contribution in [3.05, 3.63) is 65.7 Å². The number of aromatic nitrogens is 5. The topological polar surface area (TPSA) is 140 Å². The predicted molar refractivity (Wildman–Crippen MR) is 202 cm³/mol. The molecule has 3 aromatic heterocycles. The molecule has 15 heteroatoms. The second-order valence-corrected chi connectivity index (χ2v) is 17.5. The minimum atomic E-state index is -2.73. The van der Waals surface area contributed by atoms with E-state index in [-0.39, 0.29) is 6.09 Å². The van der Waals surface area contributed by atoms with Gasteiger partial charge >= 0.3 is 6.09 Å². The largest absolute Gasteiger partial charge is 0.494 e. The monoisotopic (exact) mass is 761 g/mol. The van der Waals surface area contributed by atoms with Gasteiger partial charge in [0.15, 0.2) is 0 Å². The third-order valence-electron chi connectivity index (χ3n) is 8.13. The predicted octanol–water partition coefficient (Wildman–Crippen LogP) is 6.99. The number of carbonyl (C=O) groups is 1. The van der Waals surface area contributed by atoms with Crippen LogP contribution >= 0.6 is 23.1 Å². The molecule has 2 aromatic carbocycles. The lowest BCUT2D eigenvalue weighted by molar-refractivity contribution is 0.0240. The number of para-hydroxylation sites is 1. The van der Waals surface area contributed by atoms with Crippen LogP contribution in [0.15, 0.2) is 65.7 Å². The third kappa shape index (κ3) is 7.71. The molecule has 0 radical (unpaired) electrons. The number of rotatable bonds is 8. The lowest BCUT2D eigenvalue weighted by Crippen LogP contribution is -2.50. The number of nitrogens with one attached hydrogen (secondary N) is 2. The minimum absolute atomic E-state index is 0.309. The van der Waals surface area contributed by atoms with Crippen molar-refractivity contribution < 1.29 is 18.8 Å². The fourth-order valence-corrected chi connectivity index (χ4v) is 7.66. The number of halogens is 1. The van der Waals surface area contributed by atoms with E-state index in [2.05, 4.69) is 46.5 Å². The lowest BCUT2D eigenvalue weighted by atomic mass is 10.0. The Morgan fingerprint density at radius 3 is 2.38 bits per heavy atom. The van der Waals surface area contributed by atoms with Crippen LogP contribution < -0.4 is 25.6 Å². The molecule has 4 heterocycles. The maximum absolute atomic E-state index is 13.5.